The van der Waals surface area contributed by atoms with Gasteiger partial charge in [-0.2, -0.15) is 5.10 Å². The van der Waals surface area contributed by atoms with Crippen molar-refractivity contribution in [3.05, 3.63) is 18.0 Å². The molecule has 1 aromatic heterocycles. The second kappa shape index (κ2) is 7.46. The molecule has 2 aliphatic heterocycles. The van der Waals surface area contributed by atoms with E-state index < -0.39 is 0 Å². The highest BCUT2D eigenvalue weighted by atomic mass is 16.2. The van der Waals surface area contributed by atoms with E-state index in [0.717, 1.165) is 38.5 Å². The van der Waals surface area contributed by atoms with Crippen LogP contribution >= 0.6 is 0 Å². The van der Waals surface area contributed by atoms with Crippen LogP contribution < -0.4 is 10.6 Å². The molecule has 4 rings (SSSR count). The molecule has 1 amide bonds. The Morgan fingerprint density at radius 2 is 2.16 bits per heavy atom. The van der Waals surface area contributed by atoms with Crippen molar-refractivity contribution < 1.29 is 4.79 Å². The van der Waals surface area contributed by atoms with Crippen LogP contribution in [0.2, 0.25) is 0 Å². The van der Waals surface area contributed by atoms with Gasteiger partial charge in [-0.15, -0.1) is 0 Å². The van der Waals surface area contributed by atoms with Gasteiger partial charge in [0.2, 0.25) is 5.91 Å². The lowest BCUT2D eigenvalue weighted by Gasteiger charge is -2.22. The third-order valence-corrected chi connectivity index (χ3v) is 6.31. The summed E-state index contributed by atoms with van der Waals surface area (Å²) in [6.07, 6.45) is 10.6. The predicted molar refractivity (Wildman–Crippen MR) is 97.3 cm³/mol. The first-order valence-electron chi connectivity index (χ1n) is 9.91. The molecule has 0 aromatic carbocycles. The zero-order chi connectivity index (χ0) is 17.2. The molecule has 1 unspecified atom stereocenters. The molecule has 2 N–H and O–H groups in total. The summed E-state index contributed by atoms with van der Waals surface area (Å²) in [5.41, 5.74) is 1.17. The Morgan fingerprint density at radius 3 is 2.92 bits per heavy atom. The molecule has 0 radical (unpaired) electrons. The van der Waals surface area contributed by atoms with E-state index in [1.807, 2.05) is 24.1 Å². The highest BCUT2D eigenvalue weighted by molar-refractivity contribution is 5.80. The first-order valence-corrected chi connectivity index (χ1v) is 9.91. The highest BCUT2D eigenvalue weighted by Gasteiger charge is 2.36. The summed E-state index contributed by atoms with van der Waals surface area (Å²) in [5, 5.41) is 11.0. The van der Waals surface area contributed by atoms with Crippen molar-refractivity contribution in [1.82, 2.24) is 25.3 Å². The van der Waals surface area contributed by atoms with E-state index in [0.29, 0.717) is 6.04 Å². The number of aromatic nitrogens is 2. The summed E-state index contributed by atoms with van der Waals surface area (Å²) in [4.78, 5) is 15.4. The third kappa shape index (κ3) is 3.90. The molecule has 3 fully saturated rings. The molecule has 1 aliphatic carbocycles. The SMILES string of the molecule is Cn1cc([C@H]2CNC[C@@H]2C(=O)NC2CCN(CC3CCCC3)C2)cn1. The zero-order valence-corrected chi connectivity index (χ0v) is 15.3. The maximum Gasteiger partial charge on any atom is 0.225 e. The number of hydrogen-bond donors (Lipinski definition) is 2. The van der Waals surface area contributed by atoms with Crippen LogP contribution in [0.25, 0.3) is 0 Å². The van der Waals surface area contributed by atoms with Gasteiger partial charge < -0.3 is 15.5 Å². The summed E-state index contributed by atoms with van der Waals surface area (Å²) in [7, 11) is 1.93. The molecule has 1 aromatic rings. The average molecular weight is 345 g/mol. The van der Waals surface area contributed by atoms with Crippen LogP contribution in [-0.2, 0) is 11.8 Å². The van der Waals surface area contributed by atoms with Gasteiger partial charge in [-0.05, 0) is 30.7 Å². The van der Waals surface area contributed by atoms with Crippen molar-refractivity contribution in [2.45, 2.75) is 44.1 Å². The minimum atomic E-state index is 0.0214. The van der Waals surface area contributed by atoms with E-state index in [4.69, 9.17) is 0 Å². The van der Waals surface area contributed by atoms with E-state index in [-0.39, 0.29) is 17.7 Å². The second-order valence-electron chi connectivity index (χ2n) is 8.22. The van der Waals surface area contributed by atoms with Gasteiger partial charge in [0.05, 0.1) is 12.1 Å². The molecular weight excluding hydrogens is 314 g/mol. The van der Waals surface area contributed by atoms with Crippen molar-refractivity contribution in [2.75, 3.05) is 32.7 Å². The Morgan fingerprint density at radius 1 is 1.32 bits per heavy atom. The topological polar surface area (TPSA) is 62.2 Å². The molecule has 0 bridgehead atoms. The standard InChI is InChI=1S/C19H31N5O/c1-23-12-15(8-21-23)17-9-20-10-18(17)19(25)22-16-6-7-24(13-16)11-14-4-2-3-5-14/h8,12,14,16-18,20H,2-7,9-11,13H2,1H3,(H,22,25)/t16?,17-,18+/m1/s1. The van der Waals surface area contributed by atoms with Gasteiger partial charge in [0, 0.05) is 57.9 Å². The Kier molecular flexibility index (Phi) is 5.08. The quantitative estimate of drug-likeness (QED) is 0.839. The van der Waals surface area contributed by atoms with E-state index in [1.165, 1.54) is 37.8 Å². The molecule has 6 heteroatoms. The fourth-order valence-electron chi connectivity index (χ4n) is 4.92. The van der Waals surface area contributed by atoms with Gasteiger partial charge in [0.1, 0.15) is 0 Å². The number of hydrogen-bond acceptors (Lipinski definition) is 4. The number of carbonyl (C=O) groups excluding carboxylic acids is 1. The van der Waals surface area contributed by atoms with Crippen LogP contribution in [-0.4, -0.2) is 59.4 Å². The number of nitrogens with zero attached hydrogens (tertiary/aromatic N) is 3. The van der Waals surface area contributed by atoms with Gasteiger partial charge in [-0.1, -0.05) is 12.8 Å². The van der Waals surface area contributed by atoms with E-state index >= 15 is 0 Å². The Hall–Kier alpha value is -1.40. The van der Waals surface area contributed by atoms with Crippen LogP contribution in [0.4, 0.5) is 0 Å². The monoisotopic (exact) mass is 345 g/mol. The van der Waals surface area contributed by atoms with Gasteiger partial charge in [-0.3, -0.25) is 9.48 Å². The van der Waals surface area contributed by atoms with Crippen LogP contribution in [0.15, 0.2) is 12.4 Å². The van der Waals surface area contributed by atoms with Crippen molar-refractivity contribution in [1.29, 1.82) is 0 Å². The van der Waals surface area contributed by atoms with E-state index in [9.17, 15) is 4.79 Å². The van der Waals surface area contributed by atoms with Crippen LogP contribution in [0, 0.1) is 11.8 Å². The van der Waals surface area contributed by atoms with Gasteiger partial charge >= 0.3 is 0 Å². The molecule has 1 saturated carbocycles. The van der Waals surface area contributed by atoms with E-state index in [1.54, 1.807) is 0 Å². The van der Waals surface area contributed by atoms with Crippen molar-refractivity contribution in [3.8, 4) is 0 Å². The lowest BCUT2D eigenvalue weighted by Crippen LogP contribution is -2.42. The molecule has 2 saturated heterocycles. The molecule has 25 heavy (non-hydrogen) atoms. The fraction of sp³-hybridized carbons (Fsp3) is 0.789. The summed E-state index contributed by atoms with van der Waals surface area (Å²) in [6, 6.07) is 0.323. The number of amides is 1. The maximum absolute atomic E-state index is 12.8. The first-order chi connectivity index (χ1) is 12.2. The molecule has 3 atom stereocenters. The van der Waals surface area contributed by atoms with Crippen molar-refractivity contribution in [3.63, 3.8) is 0 Å². The molecule has 0 spiro atoms. The summed E-state index contributed by atoms with van der Waals surface area (Å²) in [6.45, 7) is 5.03. The number of carbonyl (C=O) groups is 1. The molecule has 3 heterocycles. The highest BCUT2D eigenvalue weighted by Crippen LogP contribution is 2.29. The lowest BCUT2D eigenvalue weighted by molar-refractivity contribution is -0.125. The maximum atomic E-state index is 12.8. The second-order valence-corrected chi connectivity index (χ2v) is 8.22. The molecule has 6 nitrogen and oxygen atoms in total. The largest absolute Gasteiger partial charge is 0.352 e. The number of likely N-dealkylation sites (tertiary alicyclic amines) is 1. The number of nitrogens with one attached hydrogen (secondary N) is 2. The van der Waals surface area contributed by atoms with Crippen molar-refractivity contribution >= 4 is 5.91 Å². The van der Waals surface area contributed by atoms with Crippen molar-refractivity contribution in [2.24, 2.45) is 18.9 Å². The van der Waals surface area contributed by atoms with Gasteiger partial charge in [-0.25, -0.2) is 0 Å². The van der Waals surface area contributed by atoms with Crippen LogP contribution in [0.3, 0.4) is 0 Å². The average Bonchev–Trinajstić information content (AvgIpc) is 3.34. The Balaban J connectivity index is 1.29. The van der Waals surface area contributed by atoms with E-state index in [2.05, 4.69) is 20.6 Å². The lowest BCUT2D eigenvalue weighted by atomic mass is 9.90. The molecule has 138 valence electrons. The minimum absolute atomic E-state index is 0.0214. The third-order valence-electron chi connectivity index (χ3n) is 6.31. The molecular formula is C19H31N5O. The number of rotatable bonds is 5. The Labute approximate surface area is 150 Å². The smallest absolute Gasteiger partial charge is 0.225 e. The van der Waals surface area contributed by atoms with Gasteiger partial charge in [0.25, 0.3) is 0 Å². The summed E-state index contributed by atoms with van der Waals surface area (Å²) >= 11 is 0. The summed E-state index contributed by atoms with van der Waals surface area (Å²) in [5.74, 6) is 1.37. The first kappa shape index (κ1) is 17.0. The fourth-order valence-corrected chi connectivity index (χ4v) is 4.92. The summed E-state index contributed by atoms with van der Waals surface area (Å²) < 4.78 is 1.82. The zero-order valence-electron chi connectivity index (χ0n) is 15.3. The van der Waals surface area contributed by atoms with Crippen LogP contribution in [0.1, 0.15) is 43.6 Å². The Bertz CT molecular complexity index is 594. The normalized spacial score (nSPS) is 31.0. The van der Waals surface area contributed by atoms with Crippen LogP contribution in [0.5, 0.6) is 0 Å². The van der Waals surface area contributed by atoms with Gasteiger partial charge in [0.15, 0.2) is 0 Å². The molecule has 3 aliphatic rings. The predicted octanol–water partition coefficient (Wildman–Crippen LogP) is 1.10. The minimum Gasteiger partial charge on any atom is -0.352 e. The number of aryl methyl sites for hydroxylation is 1.